The van der Waals surface area contributed by atoms with Crippen LogP contribution in [-0.2, 0) is 4.74 Å². The molecule has 0 radical (unpaired) electrons. The fourth-order valence-electron chi connectivity index (χ4n) is 3.34. The van der Waals surface area contributed by atoms with Crippen molar-refractivity contribution in [3.63, 3.8) is 0 Å². The summed E-state index contributed by atoms with van der Waals surface area (Å²) in [7, 11) is 3.10. The molecule has 1 saturated carbocycles. The quantitative estimate of drug-likeness (QED) is 0.878. The van der Waals surface area contributed by atoms with Crippen LogP contribution in [0.15, 0.2) is 18.2 Å². The number of urea groups is 1. The first-order valence-corrected chi connectivity index (χ1v) is 8.52. The molecular weight excluding hydrogens is 325 g/mol. The maximum atomic E-state index is 13.9. The molecule has 2 atom stereocenters. The molecule has 1 heterocycles. The number of hydrogen-bond acceptors (Lipinski definition) is 3. The summed E-state index contributed by atoms with van der Waals surface area (Å²) >= 11 is 0. The zero-order chi connectivity index (χ0) is 18.2. The van der Waals surface area contributed by atoms with Gasteiger partial charge in [0.15, 0.2) is 0 Å². The van der Waals surface area contributed by atoms with Crippen molar-refractivity contribution < 1.29 is 18.7 Å². The van der Waals surface area contributed by atoms with Crippen LogP contribution in [0.5, 0.6) is 0 Å². The lowest BCUT2D eigenvalue weighted by Crippen LogP contribution is -2.53. The second-order valence-electron chi connectivity index (χ2n) is 7.27. The van der Waals surface area contributed by atoms with Gasteiger partial charge in [-0.3, -0.25) is 4.79 Å². The van der Waals surface area contributed by atoms with Crippen LogP contribution >= 0.6 is 0 Å². The average Bonchev–Trinajstić information content (AvgIpc) is 3.31. The maximum absolute atomic E-state index is 13.9. The van der Waals surface area contributed by atoms with Crippen LogP contribution in [0, 0.1) is 11.7 Å². The summed E-state index contributed by atoms with van der Waals surface area (Å²) in [6.07, 6.45) is 3.07. The minimum atomic E-state index is -0.616. The largest absolute Gasteiger partial charge is 0.375 e. The van der Waals surface area contributed by atoms with Crippen LogP contribution in [0.4, 0.5) is 14.9 Å². The van der Waals surface area contributed by atoms with Gasteiger partial charge in [-0.05, 0) is 50.3 Å². The van der Waals surface area contributed by atoms with Crippen molar-refractivity contribution in [3.05, 3.63) is 29.6 Å². The van der Waals surface area contributed by atoms with Crippen LogP contribution in [0.2, 0.25) is 0 Å². The Bertz CT molecular complexity index is 690. The van der Waals surface area contributed by atoms with Gasteiger partial charge in [-0.15, -0.1) is 0 Å². The molecule has 1 aliphatic carbocycles. The second-order valence-corrected chi connectivity index (χ2v) is 7.27. The molecule has 0 spiro atoms. The second kappa shape index (κ2) is 6.63. The van der Waals surface area contributed by atoms with Gasteiger partial charge in [0.25, 0.3) is 5.91 Å². The van der Waals surface area contributed by atoms with Crippen LogP contribution in [-0.4, -0.2) is 49.2 Å². The molecule has 0 aromatic heterocycles. The molecular formula is C18H24FN3O3. The molecule has 136 valence electrons. The molecule has 25 heavy (non-hydrogen) atoms. The Balaban J connectivity index is 1.69. The van der Waals surface area contributed by atoms with Gasteiger partial charge >= 0.3 is 6.03 Å². The summed E-state index contributed by atoms with van der Waals surface area (Å²) < 4.78 is 19.7. The number of amides is 3. The van der Waals surface area contributed by atoms with E-state index in [1.807, 2.05) is 6.92 Å². The molecule has 2 N–H and O–H groups in total. The first-order valence-electron chi connectivity index (χ1n) is 8.52. The zero-order valence-corrected chi connectivity index (χ0v) is 14.8. The van der Waals surface area contributed by atoms with E-state index in [1.165, 1.54) is 23.1 Å². The Morgan fingerprint density at radius 1 is 1.32 bits per heavy atom. The van der Waals surface area contributed by atoms with E-state index in [9.17, 15) is 14.0 Å². The van der Waals surface area contributed by atoms with Crippen molar-refractivity contribution in [2.24, 2.45) is 5.92 Å². The minimum absolute atomic E-state index is 0.0392. The van der Waals surface area contributed by atoms with Gasteiger partial charge in [-0.1, -0.05) is 0 Å². The number of nitrogens with one attached hydrogen (secondary N) is 2. The number of halogens is 1. The van der Waals surface area contributed by atoms with E-state index >= 15 is 0 Å². The molecule has 0 unspecified atom stereocenters. The molecule has 1 aromatic carbocycles. The summed E-state index contributed by atoms with van der Waals surface area (Å²) in [6, 6.07) is 3.59. The molecule has 1 aliphatic heterocycles. The van der Waals surface area contributed by atoms with Gasteiger partial charge in [0.2, 0.25) is 0 Å². The standard InChI is InChI=1S/C18H24FN3O3/c1-18(8-9-25-15(18)11-4-5-11)21-17(24)20-12-6-7-14(19)13(10-12)16(23)22(2)3/h6-7,10-11,15H,4-5,8-9H2,1-3H3,(H2,20,21,24)/t15-,18+/m1/s1. The number of carbonyl (C=O) groups is 2. The van der Waals surface area contributed by atoms with E-state index in [-0.39, 0.29) is 17.7 Å². The fourth-order valence-corrected chi connectivity index (χ4v) is 3.34. The minimum Gasteiger partial charge on any atom is -0.375 e. The lowest BCUT2D eigenvalue weighted by Gasteiger charge is -2.31. The number of carbonyl (C=O) groups excluding carboxylic acids is 2. The molecule has 2 fully saturated rings. The van der Waals surface area contributed by atoms with Crippen LogP contribution in [0.25, 0.3) is 0 Å². The normalized spacial score (nSPS) is 25.5. The molecule has 2 aliphatic rings. The molecule has 0 bridgehead atoms. The summed E-state index contributed by atoms with van der Waals surface area (Å²) in [5.74, 6) is -0.552. The Morgan fingerprint density at radius 2 is 2.04 bits per heavy atom. The highest BCUT2D eigenvalue weighted by Crippen LogP contribution is 2.43. The molecule has 7 heteroatoms. The first-order chi connectivity index (χ1) is 11.8. The van der Waals surface area contributed by atoms with Gasteiger partial charge in [0.05, 0.1) is 17.2 Å². The smallest absolute Gasteiger partial charge is 0.319 e. The van der Waals surface area contributed by atoms with Gasteiger partial charge in [0.1, 0.15) is 5.82 Å². The monoisotopic (exact) mass is 349 g/mol. The maximum Gasteiger partial charge on any atom is 0.319 e. The Kier molecular flexibility index (Phi) is 4.69. The van der Waals surface area contributed by atoms with Crippen molar-refractivity contribution in [2.75, 3.05) is 26.0 Å². The molecule has 1 saturated heterocycles. The number of anilines is 1. The molecule has 1 aromatic rings. The topological polar surface area (TPSA) is 70.7 Å². The SMILES string of the molecule is CN(C)C(=O)c1cc(NC(=O)N[C@@]2(C)CCO[C@@H]2C2CC2)ccc1F. The third kappa shape index (κ3) is 3.76. The Morgan fingerprint density at radius 3 is 2.68 bits per heavy atom. The molecule has 6 nitrogen and oxygen atoms in total. The van der Waals surface area contributed by atoms with Crippen molar-refractivity contribution in [1.82, 2.24) is 10.2 Å². The predicted molar refractivity (Wildman–Crippen MR) is 92.1 cm³/mol. The van der Waals surface area contributed by atoms with E-state index in [0.29, 0.717) is 18.2 Å². The summed E-state index contributed by atoms with van der Waals surface area (Å²) in [4.78, 5) is 25.7. The van der Waals surface area contributed by atoms with Crippen molar-refractivity contribution in [2.45, 2.75) is 37.8 Å². The Labute approximate surface area is 146 Å². The summed E-state index contributed by atoms with van der Waals surface area (Å²) in [5.41, 5.74) is -0.114. The van der Waals surface area contributed by atoms with E-state index < -0.39 is 17.3 Å². The highest BCUT2D eigenvalue weighted by molar-refractivity contribution is 5.97. The van der Waals surface area contributed by atoms with Crippen LogP contribution < -0.4 is 10.6 Å². The fraction of sp³-hybridized carbons (Fsp3) is 0.556. The average molecular weight is 349 g/mol. The number of hydrogen-bond donors (Lipinski definition) is 2. The van der Waals surface area contributed by atoms with Gasteiger partial charge in [0, 0.05) is 26.4 Å². The lowest BCUT2D eigenvalue weighted by atomic mass is 9.90. The lowest BCUT2D eigenvalue weighted by molar-refractivity contribution is 0.0597. The van der Waals surface area contributed by atoms with E-state index in [4.69, 9.17) is 4.74 Å². The van der Waals surface area contributed by atoms with Gasteiger partial charge in [-0.25, -0.2) is 9.18 Å². The van der Waals surface area contributed by atoms with Crippen LogP contribution in [0.3, 0.4) is 0 Å². The summed E-state index contributed by atoms with van der Waals surface area (Å²) in [6.45, 7) is 2.63. The third-order valence-corrected chi connectivity index (χ3v) is 4.86. The van der Waals surface area contributed by atoms with E-state index in [2.05, 4.69) is 10.6 Å². The number of rotatable bonds is 4. The highest BCUT2D eigenvalue weighted by Gasteiger charge is 2.49. The number of benzene rings is 1. The van der Waals surface area contributed by atoms with Crippen LogP contribution in [0.1, 0.15) is 36.5 Å². The van der Waals surface area contributed by atoms with Gasteiger partial charge < -0.3 is 20.3 Å². The van der Waals surface area contributed by atoms with Crippen molar-refractivity contribution >= 4 is 17.6 Å². The number of ether oxygens (including phenoxy) is 1. The highest BCUT2D eigenvalue weighted by atomic mass is 19.1. The summed E-state index contributed by atoms with van der Waals surface area (Å²) in [5, 5.41) is 5.69. The van der Waals surface area contributed by atoms with Crippen molar-refractivity contribution in [1.29, 1.82) is 0 Å². The van der Waals surface area contributed by atoms with E-state index in [0.717, 1.165) is 19.3 Å². The zero-order valence-electron chi connectivity index (χ0n) is 14.8. The number of nitrogens with zero attached hydrogens (tertiary/aromatic N) is 1. The molecule has 3 rings (SSSR count). The first kappa shape index (κ1) is 17.7. The van der Waals surface area contributed by atoms with E-state index in [1.54, 1.807) is 14.1 Å². The molecule has 3 amide bonds. The Hall–Kier alpha value is -2.15. The van der Waals surface area contributed by atoms with Gasteiger partial charge in [-0.2, -0.15) is 0 Å². The predicted octanol–water partition coefficient (Wildman–Crippen LogP) is 2.61. The third-order valence-electron chi connectivity index (χ3n) is 4.86. The van der Waals surface area contributed by atoms with Crippen molar-refractivity contribution in [3.8, 4) is 0 Å².